The van der Waals surface area contributed by atoms with Crippen LogP contribution in [0.1, 0.15) is 42.7 Å². The van der Waals surface area contributed by atoms with Crippen LogP contribution < -0.4 is 5.32 Å². The first-order valence-electron chi connectivity index (χ1n) is 8.20. The lowest BCUT2D eigenvalue weighted by molar-refractivity contribution is -0.124. The van der Waals surface area contributed by atoms with Gasteiger partial charge in [0.05, 0.1) is 10.9 Å². The van der Waals surface area contributed by atoms with Gasteiger partial charge in [-0.1, -0.05) is 36.4 Å². The molecule has 1 atom stereocenters. The van der Waals surface area contributed by atoms with Crippen LogP contribution in [0.5, 0.6) is 0 Å². The molecule has 1 amide bonds. The molecule has 5 nitrogen and oxygen atoms in total. The smallest absolute Gasteiger partial charge is 0.348 e. The first kappa shape index (κ1) is 19.0. The van der Waals surface area contributed by atoms with Gasteiger partial charge >= 0.3 is 5.97 Å². The zero-order valence-corrected chi connectivity index (χ0v) is 16.1. The van der Waals surface area contributed by atoms with E-state index in [2.05, 4.69) is 5.32 Å². The maximum atomic E-state index is 12.3. The van der Waals surface area contributed by atoms with Gasteiger partial charge in [0.1, 0.15) is 4.88 Å². The van der Waals surface area contributed by atoms with Crippen LogP contribution in [-0.4, -0.2) is 24.3 Å². The number of carbonyl (C=O) groups excluding carboxylic acids is 3. The number of ketones is 1. The van der Waals surface area contributed by atoms with Gasteiger partial charge in [-0.05, 0) is 36.1 Å². The molecular weight excluding hydrogens is 382 g/mol. The molecule has 0 aliphatic rings. The molecule has 3 rings (SSSR count). The molecule has 1 aromatic carbocycles. The molecule has 2 aromatic heterocycles. The summed E-state index contributed by atoms with van der Waals surface area (Å²) in [5.74, 6) is -1.12. The van der Waals surface area contributed by atoms with Crippen LogP contribution in [0.25, 0.3) is 0 Å². The maximum absolute atomic E-state index is 12.3. The van der Waals surface area contributed by atoms with Crippen LogP contribution in [0, 0.1) is 0 Å². The molecule has 1 N–H and O–H groups in total. The molecule has 0 unspecified atom stereocenters. The fourth-order valence-electron chi connectivity index (χ4n) is 2.46. The second-order valence-corrected chi connectivity index (χ2v) is 7.79. The van der Waals surface area contributed by atoms with Gasteiger partial charge in [0.2, 0.25) is 0 Å². The van der Waals surface area contributed by atoms with Gasteiger partial charge in [-0.2, -0.15) is 0 Å². The van der Waals surface area contributed by atoms with Crippen molar-refractivity contribution in [3.05, 3.63) is 80.2 Å². The second kappa shape index (κ2) is 8.75. The Balaban J connectivity index is 1.62. The SMILES string of the molecule is CC(=O)c1ccc(C(=O)OCC(=O)N[C@@H](c2ccccc2)c2cccs2)s1. The molecule has 27 heavy (non-hydrogen) atoms. The number of Topliss-reactive ketones (excluding diaryl/α,β-unsaturated/α-hetero) is 1. The molecule has 2 heterocycles. The minimum Gasteiger partial charge on any atom is -0.451 e. The van der Waals surface area contributed by atoms with Crippen molar-refractivity contribution in [2.75, 3.05) is 6.61 Å². The topological polar surface area (TPSA) is 72.5 Å². The molecule has 0 aliphatic heterocycles. The van der Waals surface area contributed by atoms with Crippen LogP contribution in [0.4, 0.5) is 0 Å². The minimum absolute atomic E-state index is 0.113. The number of amides is 1. The highest BCUT2D eigenvalue weighted by Gasteiger charge is 2.19. The van der Waals surface area contributed by atoms with Gasteiger partial charge in [-0.15, -0.1) is 22.7 Å². The molecule has 7 heteroatoms. The summed E-state index contributed by atoms with van der Waals surface area (Å²) < 4.78 is 5.09. The number of hydrogen-bond acceptors (Lipinski definition) is 6. The first-order chi connectivity index (χ1) is 13.0. The molecule has 0 bridgehead atoms. The van der Waals surface area contributed by atoms with E-state index >= 15 is 0 Å². The third-order valence-electron chi connectivity index (χ3n) is 3.75. The summed E-state index contributed by atoms with van der Waals surface area (Å²) in [6.45, 7) is 1.05. The Morgan fingerprint density at radius 2 is 1.74 bits per heavy atom. The summed E-state index contributed by atoms with van der Waals surface area (Å²) in [7, 11) is 0. The van der Waals surface area contributed by atoms with Crippen LogP contribution >= 0.6 is 22.7 Å². The van der Waals surface area contributed by atoms with Crippen LogP contribution in [0.15, 0.2) is 60.0 Å². The lowest BCUT2D eigenvalue weighted by Crippen LogP contribution is -2.32. The van der Waals surface area contributed by atoms with Crippen LogP contribution in [0.2, 0.25) is 0 Å². The Kier molecular flexibility index (Phi) is 6.16. The Morgan fingerprint density at radius 1 is 1.00 bits per heavy atom. The van der Waals surface area contributed by atoms with E-state index in [0.29, 0.717) is 9.75 Å². The van der Waals surface area contributed by atoms with Crippen LogP contribution in [0.3, 0.4) is 0 Å². The van der Waals surface area contributed by atoms with Crippen molar-refractivity contribution in [1.29, 1.82) is 0 Å². The lowest BCUT2D eigenvalue weighted by Gasteiger charge is -2.18. The van der Waals surface area contributed by atoms with Crippen molar-refractivity contribution in [2.24, 2.45) is 0 Å². The van der Waals surface area contributed by atoms with E-state index < -0.39 is 11.9 Å². The van der Waals surface area contributed by atoms with Crippen molar-refractivity contribution >= 4 is 40.3 Å². The van der Waals surface area contributed by atoms with E-state index in [-0.39, 0.29) is 18.4 Å². The summed E-state index contributed by atoms with van der Waals surface area (Å²) in [5, 5.41) is 4.85. The zero-order valence-electron chi connectivity index (χ0n) is 14.5. The van der Waals surface area contributed by atoms with E-state index in [1.165, 1.54) is 13.0 Å². The van der Waals surface area contributed by atoms with E-state index in [1.807, 2.05) is 47.8 Å². The highest BCUT2D eigenvalue weighted by Crippen LogP contribution is 2.26. The third kappa shape index (κ3) is 4.90. The third-order valence-corrected chi connectivity index (χ3v) is 5.86. The number of carbonyl (C=O) groups is 3. The fraction of sp³-hybridized carbons (Fsp3) is 0.150. The summed E-state index contributed by atoms with van der Waals surface area (Å²) in [4.78, 5) is 37.5. The molecule has 0 fully saturated rings. The summed E-state index contributed by atoms with van der Waals surface area (Å²) >= 11 is 2.60. The predicted octanol–water partition coefficient (Wildman–Crippen LogP) is 4.07. The largest absolute Gasteiger partial charge is 0.451 e. The van der Waals surface area contributed by atoms with Crippen molar-refractivity contribution in [3.8, 4) is 0 Å². The molecular formula is C20H17NO4S2. The molecule has 0 aliphatic carbocycles. The van der Waals surface area contributed by atoms with E-state index in [1.54, 1.807) is 17.4 Å². The molecule has 0 saturated carbocycles. The Bertz CT molecular complexity index is 932. The molecule has 0 radical (unpaired) electrons. The second-order valence-electron chi connectivity index (χ2n) is 5.72. The van der Waals surface area contributed by atoms with E-state index in [0.717, 1.165) is 21.8 Å². The van der Waals surface area contributed by atoms with E-state index in [4.69, 9.17) is 4.74 Å². The number of benzene rings is 1. The normalized spacial score (nSPS) is 11.6. The number of hydrogen-bond donors (Lipinski definition) is 1. The number of nitrogens with one attached hydrogen (secondary N) is 1. The summed E-state index contributed by atoms with van der Waals surface area (Å²) in [5.41, 5.74) is 0.948. The monoisotopic (exact) mass is 399 g/mol. The Labute approximate surface area is 164 Å². The number of ether oxygens (including phenoxy) is 1. The molecule has 138 valence electrons. The van der Waals surface area contributed by atoms with Gasteiger partial charge in [-0.25, -0.2) is 4.79 Å². The first-order valence-corrected chi connectivity index (χ1v) is 9.90. The fourth-order valence-corrected chi connectivity index (χ4v) is 4.06. The average molecular weight is 399 g/mol. The Morgan fingerprint density at radius 3 is 2.37 bits per heavy atom. The van der Waals surface area contributed by atoms with E-state index in [9.17, 15) is 14.4 Å². The van der Waals surface area contributed by atoms with Crippen molar-refractivity contribution in [1.82, 2.24) is 5.32 Å². The number of thiophene rings is 2. The van der Waals surface area contributed by atoms with Crippen molar-refractivity contribution in [2.45, 2.75) is 13.0 Å². The minimum atomic E-state index is -0.616. The van der Waals surface area contributed by atoms with Crippen LogP contribution in [-0.2, 0) is 9.53 Å². The standard InChI is InChI=1S/C20H17NO4S2/c1-13(22)15-9-10-17(27-15)20(24)25-12-18(23)21-19(16-8-5-11-26-16)14-6-3-2-4-7-14/h2-11,19H,12H2,1H3,(H,21,23)/t19-/m0/s1. The van der Waals surface area contributed by atoms with Crippen molar-refractivity contribution < 1.29 is 19.1 Å². The molecule has 3 aromatic rings. The number of rotatable bonds is 7. The average Bonchev–Trinajstić information content (AvgIpc) is 3.36. The summed E-state index contributed by atoms with van der Waals surface area (Å²) in [6.07, 6.45) is 0. The highest BCUT2D eigenvalue weighted by atomic mass is 32.1. The predicted molar refractivity (Wildman–Crippen MR) is 105 cm³/mol. The summed E-state index contributed by atoms with van der Waals surface area (Å²) in [6, 6.07) is 16.3. The van der Waals surface area contributed by atoms with Gasteiger partial charge in [0.15, 0.2) is 12.4 Å². The zero-order chi connectivity index (χ0) is 19.2. The van der Waals surface area contributed by atoms with Gasteiger partial charge < -0.3 is 10.1 Å². The van der Waals surface area contributed by atoms with Gasteiger partial charge in [0, 0.05) is 4.88 Å². The quantitative estimate of drug-likeness (QED) is 0.480. The molecule has 0 spiro atoms. The van der Waals surface area contributed by atoms with Gasteiger partial charge in [0.25, 0.3) is 5.91 Å². The van der Waals surface area contributed by atoms with Crippen molar-refractivity contribution in [3.63, 3.8) is 0 Å². The maximum Gasteiger partial charge on any atom is 0.348 e. The highest BCUT2D eigenvalue weighted by molar-refractivity contribution is 7.15. The lowest BCUT2D eigenvalue weighted by atomic mass is 10.1. The van der Waals surface area contributed by atoms with Gasteiger partial charge in [-0.3, -0.25) is 9.59 Å². The Hall–Kier alpha value is -2.77. The molecule has 0 saturated heterocycles. The number of esters is 1.